The van der Waals surface area contributed by atoms with Gasteiger partial charge in [0.05, 0.1) is 6.61 Å². The van der Waals surface area contributed by atoms with Gasteiger partial charge in [0.1, 0.15) is 18.1 Å². The fourth-order valence-electron chi connectivity index (χ4n) is 1.52. The Hall–Kier alpha value is -1.65. The molecule has 0 spiro atoms. The number of halogens is 1. The van der Waals surface area contributed by atoms with Crippen molar-refractivity contribution in [2.24, 2.45) is 0 Å². The van der Waals surface area contributed by atoms with Crippen molar-refractivity contribution in [3.63, 3.8) is 0 Å². The van der Waals surface area contributed by atoms with Crippen molar-refractivity contribution < 1.29 is 9.47 Å². The van der Waals surface area contributed by atoms with Crippen LogP contribution < -0.4 is 4.74 Å². The Kier molecular flexibility index (Phi) is 4.50. The van der Waals surface area contributed by atoms with Crippen LogP contribution in [0.4, 0.5) is 0 Å². The van der Waals surface area contributed by atoms with Crippen LogP contribution in [0.25, 0.3) is 11.3 Å². The molecule has 2 rings (SSSR count). The van der Waals surface area contributed by atoms with Crippen molar-refractivity contribution in [2.45, 2.75) is 0 Å². The zero-order valence-electron chi connectivity index (χ0n) is 9.97. The van der Waals surface area contributed by atoms with Crippen LogP contribution in [0.2, 0.25) is 5.15 Å². The molecule has 2 aromatic rings. The van der Waals surface area contributed by atoms with E-state index in [-0.39, 0.29) is 0 Å². The second-order valence-corrected chi connectivity index (χ2v) is 3.89. The highest BCUT2D eigenvalue weighted by atomic mass is 35.5. The Morgan fingerprint density at radius 2 is 1.89 bits per heavy atom. The number of rotatable bonds is 5. The van der Waals surface area contributed by atoms with Crippen molar-refractivity contribution in [2.75, 3.05) is 20.3 Å². The number of benzene rings is 1. The van der Waals surface area contributed by atoms with Crippen LogP contribution in [0, 0.1) is 0 Å². The minimum absolute atomic E-state index is 0.361. The maximum atomic E-state index is 6.04. The molecule has 0 unspecified atom stereocenters. The molecular formula is C13H13ClN2O2. The largest absolute Gasteiger partial charge is 0.490 e. The van der Waals surface area contributed by atoms with Gasteiger partial charge in [0.15, 0.2) is 5.15 Å². The van der Waals surface area contributed by atoms with Crippen LogP contribution in [-0.4, -0.2) is 30.3 Å². The fourth-order valence-corrected chi connectivity index (χ4v) is 1.73. The SMILES string of the molecule is COCCOc1ccccc1-c1nccnc1Cl. The van der Waals surface area contributed by atoms with E-state index in [4.69, 9.17) is 21.1 Å². The average Bonchev–Trinajstić information content (AvgIpc) is 2.40. The van der Waals surface area contributed by atoms with Gasteiger partial charge in [0, 0.05) is 25.1 Å². The van der Waals surface area contributed by atoms with Crippen LogP contribution in [0.3, 0.4) is 0 Å². The maximum Gasteiger partial charge on any atom is 0.155 e. The van der Waals surface area contributed by atoms with E-state index in [0.717, 1.165) is 11.3 Å². The quantitative estimate of drug-likeness (QED) is 0.779. The summed E-state index contributed by atoms with van der Waals surface area (Å²) in [5.74, 6) is 0.719. The van der Waals surface area contributed by atoms with E-state index < -0.39 is 0 Å². The van der Waals surface area contributed by atoms with Gasteiger partial charge in [-0.2, -0.15) is 0 Å². The molecular weight excluding hydrogens is 252 g/mol. The molecule has 1 aromatic heterocycles. The molecule has 0 saturated heterocycles. The zero-order valence-corrected chi connectivity index (χ0v) is 10.7. The van der Waals surface area contributed by atoms with Crippen LogP contribution >= 0.6 is 11.6 Å². The van der Waals surface area contributed by atoms with Gasteiger partial charge in [0.25, 0.3) is 0 Å². The normalized spacial score (nSPS) is 10.3. The molecule has 18 heavy (non-hydrogen) atoms. The van der Waals surface area contributed by atoms with Gasteiger partial charge in [-0.3, -0.25) is 4.98 Å². The van der Waals surface area contributed by atoms with Gasteiger partial charge in [-0.25, -0.2) is 4.98 Å². The van der Waals surface area contributed by atoms with Gasteiger partial charge < -0.3 is 9.47 Å². The monoisotopic (exact) mass is 264 g/mol. The third kappa shape index (κ3) is 2.97. The van der Waals surface area contributed by atoms with Gasteiger partial charge in [-0.05, 0) is 12.1 Å². The van der Waals surface area contributed by atoms with Crippen LogP contribution in [0.15, 0.2) is 36.7 Å². The summed E-state index contributed by atoms with van der Waals surface area (Å²) in [6, 6.07) is 7.58. The van der Waals surface area contributed by atoms with Crippen molar-refractivity contribution in [3.8, 4) is 17.0 Å². The number of hydrogen-bond donors (Lipinski definition) is 0. The van der Waals surface area contributed by atoms with Gasteiger partial charge in [-0.15, -0.1) is 0 Å². The van der Waals surface area contributed by atoms with Gasteiger partial charge >= 0.3 is 0 Å². The number of nitrogens with zero attached hydrogens (tertiary/aromatic N) is 2. The molecule has 5 heteroatoms. The lowest BCUT2D eigenvalue weighted by Gasteiger charge is -2.11. The first-order valence-corrected chi connectivity index (χ1v) is 5.88. The highest BCUT2D eigenvalue weighted by Gasteiger charge is 2.11. The Labute approximate surface area is 111 Å². The summed E-state index contributed by atoms with van der Waals surface area (Å²) in [6.07, 6.45) is 3.16. The van der Waals surface area contributed by atoms with Crippen LogP contribution in [0.1, 0.15) is 0 Å². The molecule has 0 aliphatic rings. The molecule has 0 amide bonds. The maximum absolute atomic E-state index is 6.04. The highest BCUT2D eigenvalue weighted by molar-refractivity contribution is 6.31. The first-order valence-electron chi connectivity index (χ1n) is 5.50. The number of aromatic nitrogens is 2. The lowest BCUT2D eigenvalue weighted by atomic mass is 10.1. The van der Waals surface area contributed by atoms with E-state index in [9.17, 15) is 0 Å². The van der Waals surface area contributed by atoms with E-state index in [2.05, 4.69) is 9.97 Å². The second kappa shape index (κ2) is 6.33. The van der Waals surface area contributed by atoms with Crippen molar-refractivity contribution in [1.82, 2.24) is 9.97 Å². The molecule has 0 atom stereocenters. The Morgan fingerprint density at radius 3 is 2.67 bits per heavy atom. The molecule has 1 aromatic carbocycles. The molecule has 4 nitrogen and oxygen atoms in total. The van der Waals surface area contributed by atoms with Gasteiger partial charge in [-0.1, -0.05) is 23.7 Å². The predicted octanol–water partition coefficient (Wildman–Crippen LogP) is 2.82. The first-order chi connectivity index (χ1) is 8.83. The molecule has 1 heterocycles. The molecule has 0 aliphatic heterocycles. The summed E-state index contributed by atoms with van der Waals surface area (Å²) < 4.78 is 10.6. The smallest absolute Gasteiger partial charge is 0.155 e. The van der Waals surface area contributed by atoms with Crippen LogP contribution in [-0.2, 0) is 4.74 Å². The zero-order chi connectivity index (χ0) is 12.8. The lowest BCUT2D eigenvalue weighted by molar-refractivity contribution is 0.146. The molecule has 0 N–H and O–H groups in total. The number of para-hydroxylation sites is 1. The topological polar surface area (TPSA) is 44.2 Å². The summed E-state index contributed by atoms with van der Waals surface area (Å²) in [4.78, 5) is 8.25. The predicted molar refractivity (Wildman–Crippen MR) is 69.8 cm³/mol. The van der Waals surface area contributed by atoms with Crippen molar-refractivity contribution in [3.05, 3.63) is 41.8 Å². The second-order valence-electron chi connectivity index (χ2n) is 3.53. The van der Waals surface area contributed by atoms with Crippen molar-refractivity contribution in [1.29, 1.82) is 0 Å². The number of ether oxygens (including phenoxy) is 2. The summed E-state index contributed by atoms with van der Waals surface area (Å²) in [5, 5.41) is 0.361. The van der Waals surface area contributed by atoms with Crippen molar-refractivity contribution >= 4 is 11.6 Å². The average molecular weight is 265 g/mol. The van der Waals surface area contributed by atoms with E-state index in [0.29, 0.717) is 24.1 Å². The number of hydrogen-bond acceptors (Lipinski definition) is 4. The number of methoxy groups -OCH3 is 1. The Morgan fingerprint density at radius 1 is 1.11 bits per heavy atom. The van der Waals surface area contributed by atoms with E-state index in [1.165, 1.54) is 0 Å². The Balaban J connectivity index is 2.30. The minimum atomic E-state index is 0.361. The minimum Gasteiger partial charge on any atom is -0.490 e. The molecule has 0 bridgehead atoms. The van der Waals surface area contributed by atoms with E-state index in [1.807, 2.05) is 24.3 Å². The molecule has 94 valence electrons. The summed E-state index contributed by atoms with van der Waals surface area (Å²) in [5.41, 5.74) is 1.44. The summed E-state index contributed by atoms with van der Waals surface area (Å²) in [7, 11) is 1.63. The van der Waals surface area contributed by atoms with Gasteiger partial charge in [0.2, 0.25) is 0 Å². The summed E-state index contributed by atoms with van der Waals surface area (Å²) in [6.45, 7) is 1.01. The van der Waals surface area contributed by atoms with Crippen LogP contribution in [0.5, 0.6) is 5.75 Å². The van der Waals surface area contributed by atoms with E-state index in [1.54, 1.807) is 19.5 Å². The lowest BCUT2D eigenvalue weighted by Crippen LogP contribution is -2.05. The molecule has 0 radical (unpaired) electrons. The summed E-state index contributed by atoms with van der Waals surface area (Å²) >= 11 is 6.04. The molecule has 0 aliphatic carbocycles. The Bertz CT molecular complexity index is 520. The first kappa shape index (κ1) is 12.8. The van der Waals surface area contributed by atoms with E-state index >= 15 is 0 Å². The molecule has 0 saturated carbocycles. The molecule has 0 fully saturated rings. The fraction of sp³-hybridized carbons (Fsp3) is 0.231. The third-order valence-corrected chi connectivity index (χ3v) is 2.62. The third-order valence-electron chi connectivity index (χ3n) is 2.34. The standard InChI is InChI=1S/C13H13ClN2O2/c1-17-8-9-18-11-5-3-2-4-10(11)12-13(14)16-7-6-15-12/h2-7H,8-9H2,1H3. The highest BCUT2D eigenvalue weighted by Crippen LogP contribution is 2.31.